The summed E-state index contributed by atoms with van der Waals surface area (Å²) in [7, 11) is 0. The molecule has 14 heavy (non-hydrogen) atoms. The van der Waals surface area contributed by atoms with E-state index in [0.29, 0.717) is 0 Å². The van der Waals surface area contributed by atoms with E-state index < -0.39 is 12.0 Å². The number of hydrogen-bond acceptors (Lipinski definition) is 2. The molecule has 0 spiro atoms. The predicted octanol–water partition coefficient (Wildman–Crippen LogP) is 1.18. The number of allylic oxidation sites excluding steroid dienone is 1. The number of aliphatic carboxylic acids is 1. The van der Waals surface area contributed by atoms with Crippen LogP contribution in [0.4, 0.5) is 0 Å². The highest BCUT2D eigenvalue weighted by molar-refractivity contribution is 5.90. The van der Waals surface area contributed by atoms with E-state index in [9.17, 15) is 9.59 Å². The second kappa shape index (κ2) is 4.79. The third-order valence-corrected chi connectivity index (χ3v) is 1.46. The molecule has 0 aromatic heterocycles. The molecule has 0 rings (SSSR count). The molecular weight excluding hydrogens is 182 g/mol. The van der Waals surface area contributed by atoms with E-state index in [0.717, 1.165) is 0 Å². The van der Waals surface area contributed by atoms with Gasteiger partial charge in [0.1, 0.15) is 6.04 Å². The van der Waals surface area contributed by atoms with Crippen molar-refractivity contribution >= 4 is 11.9 Å². The summed E-state index contributed by atoms with van der Waals surface area (Å²) < 4.78 is 0. The number of hydrogen-bond donors (Lipinski definition) is 2. The zero-order valence-electron chi connectivity index (χ0n) is 9.00. The molecule has 0 fully saturated rings. The van der Waals surface area contributed by atoms with Crippen LogP contribution in [0.5, 0.6) is 0 Å². The highest BCUT2D eigenvalue weighted by Crippen LogP contribution is 2.13. The molecular formula is C10H17NO3. The maximum atomic E-state index is 11.1. The summed E-state index contributed by atoms with van der Waals surface area (Å²) in [6.45, 7) is 7.29. The minimum absolute atomic E-state index is 0.0796. The lowest BCUT2D eigenvalue weighted by Gasteiger charge is -2.11. The van der Waals surface area contributed by atoms with Crippen LogP contribution in [-0.2, 0) is 9.59 Å². The van der Waals surface area contributed by atoms with E-state index in [2.05, 4.69) is 5.32 Å². The summed E-state index contributed by atoms with van der Waals surface area (Å²) in [4.78, 5) is 21.5. The van der Waals surface area contributed by atoms with Gasteiger partial charge in [-0.2, -0.15) is 0 Å². The first-order chi connectivity index (χ1) is 6.22. The predicted molar refractivity (Wildman–Crippen MR) is 53.8 cm³/mol. The molecule has 0 aliphatic carbocycles. The van der Waals surface area contributed by atoms with Crippen LogP contribution < -0.4 is 5.32 Å². The largest absolute Gasteiger partial charge is 0.480 e. The Morgan fingerprint density at radius 3 is 2.21 bits per heavy atom. The molecule has 0 aromatic carbocycles. The van der Waals surface area contributed by atoms with Gasteiger partial charge in [0.15, 0.2) is 0 Å². The summed E-state index contributed by atoms with van der Waals surface area (Å²) in [5.74, 6) is -1.42. The molecule has 0 saturated carbocycles. The molecule has 0 bridgehead atoms. The lowest BCUT2D eigenvalue weighted by atomic mass is 9.96. The van der Waals surface area contributed by atoms with Crippen LogP contribution in [0.1, 0.15) is 27.7 Å². The topological polar surface area (TPSA) is 66.4 Å². The number of amides is 1. The number of carbonyl (C=O) groups is 2. The third kappa shape index (κ3) is 6.22. The van der Waals surface area contributed by atoms with Crippen molar-refractivity contribution in [2.75, 3.05) is 0 Å². The summed E-state index contributed by atoms with van der Waals surface area (Å²) in [5.41, 5.74) is -0.0796. The Kier molecular flexibility index (Phi) is 4.34. The van der Waals surface area contributed by atoms with Crippen LogP contribution in [0.25, 0.3) is 0 Å². The van der Waals surface area contributed by atoms with Gasteiger partial charge in [0.25, 0.3) is 0 Å². The monoisotopic (exact) mass is 199 g/mol. The minimum Gasteiger partial charge on any atom is -0.480 e. The van der Waals surface area contributed by atoms with Gasteiger partial charge >= 0.3 is 5.97 Å². The molecule has 0 unspecified atom stereocenters. The highest BCUT2D eigenvalue weighted by atomic mass is 16.4. The Morgan fingerprint density at radius 1 is 1.36 bits per heavy atom. The standard InChI is InChI=1S/C10H17NO3/c1-7(9(13)14)11-8(12)5-6-10(2,3)4/h5-7H,1-4H3,(H,11,12)(H,13,14)/b6-5+/t7-/m1/s1. The van der Waals surface area contributed by atoms with Gasteiger partial charge in [-0.3, -0.25) is 9.59 Å². The van der Waals surface area contributed by atoms with Crippen LogP contribution in [-0.4, -0.2) is 23.0 Å². The quantitative estimate of drug-likeness (QED) is 0.671. The Morgan fingerprint density at radius 2 is 1.86 bits per heavy atom. The number of carboxylic acids is 1. The van der Waals surface area contributed by atoms with Crippen molar-refractivity contribution in [3.8, 4) is 0 Å². The molecule has 80 valence electrons. The van der Waals surface area contributed by atoms with E-state index in [1.165, 1.54) is 13.0 Å². The van der Waals surface area contributed by atoms with Gasteiger partial charge in [-0.15, -0.1) is 0 Å². The van der Waals surface area contributed by atoms with E-state index in [-0.39, 0.29) is 11.3 Å². The lowest BCUT2D eigenvalue weighted by molar-refractivity contribution is -0.140. The average Bonchev–Trinajstić information content (AvgIpc) is 1.99. The van der Waals surface area contributed by atoms with Crippen LogP contribution in [0.3, 0.4) is 0 Å². The van der Waals surface area contributed by atoms with Crippen LogP contribution in [0, 0.1) is 5.41 Å². The van der Waals surface area contributed by atoms with Gasteiger partial charge in [0.2, 0.25) is 5.91 Å². The third-order valence-electron chi connectivity index (χ3n) is 1.46. The van der Waals surface area contributed by atoms with Gasteiger partial charge in [0, 0.05) is 0 Å². The van der Waals surface area contributed by atoms with Crippen molar-refractivity contribution < 1.29 is 14.7 Å². The van der Waals surface area contributed by atoms with Crippen molar-refractivity contribution in [3.63, 3.8) is 0 Å². The van der Waals surface area contributed by atoms with Crippen molar-refractivity contribution in [3.05, 3.63) is 12.2 Å². The van der Waals surface area contributed by atoms with Crippen molar-refractivity contribution in [1.82, 2.24) is 5.32 Å². The average molecular weight is 199 g/mol. The fourth-order valence-electron chi connectivity index (χ4n) is 0.649. The number of rotatable bonds is 3. The molecule has 0 radical (unpaired) electrons. The molecule has 0 heterocycles. The molecule has 1 amide bonds. The van der Waals surface area contributed by atoms with Gasteiger partial charge in [-0.25, -0.2) is 0 Å². The molecule has 2 N–H and O–H groups in total. The Balaban J connectivity index is 4.12. The van der Waals surface area contributed by atoms with Gasteiger partial charge < -0.3 is 10.4 Å². The molecule has 0 aliphatic heterocycles. The second-order valence-electron chi connectivity index (χ2n) is 4.27. The van der Waals surface area contributed by atoms with Gasteiger partial charge in [-0.1, -0.05) is 26.8 Å². The van der Waals surface area contributed by atoms with E-state index in [1.54, 1.807) is 6.08 Å². The van der Waals surface area contributed by atoms with Gasteiger partial charge in [0.05, 0.1) is 0 Å². The minimum atomic E-state index is -1.04. The molecule has 0 aromatic rings. The molecule has 4 nitrogen and oxygen atoms in total. The second-order valence-corrected chi connectivity index (χ2v) is 4.27. The van der Waals surface area contributed by atoms with E-state index in [4.69, 9.17) is 5.11 Å². The normalized spacial score (nSPS) is 14.0. The Labute approximate surface area is 84.0 Å². The number of nitrogens with one attached hydrogen (secondary N) is 1. The zero-order chi connectivity index (χ0) is 11.4. The molecule has 1 atom stereocenters. The lowest BCUT2D eigenvalue weighted by Crippen LogP contribution is -2.37. The van der Waals surface area contributed by atoms with Crippen LogP contribution >= 0.6 is 0 Å². The first kappa shape index (κ1) is 12.7. The van der Waals surface area contributed by atoms with Gasteiger partial charge in [-0.05, 0) is 18.4 Å². The van der Waals surface area contributed by atoms with E-state index >= 15 is 0 Å². The Bertz CT molecular complexity index is 251. The number of carbonyl (C=O) groups excluding carboxylic acids is 1. The first-order valence-electron chi connectivity index (χ1n) is 4.45. The summed E-state index contributed by atoms with van der Waals surface area (Å²) >= 11 is 0. The summed E-state index contributed by atoms with van der Waals surface area (Å²) in [6.07, 6.45) is 3.09. The maximum Gasteiger partial charge on any atom is 0.325 e. The Hall–Kier alpha value is -1.32. The highest BCUT2D eigenvalue weighted by Gasteiger charge is 2.12. The number of carboxylic acid groups (broad SMARTS) is 1. The fraction of sp³-hybridized carbons (Fsp3) is 0.600. The molecule has 4 heteroatoms. The van der Waals surface area contributed by atoms with Crippen molar-refractivity contribution in [2.45, 2.75) is 33.7 Å². The summed E-state index contributed by atoms with van der Waals surface area (Å²) in [6, 6.07) is -0.855. The van der Waals surface area contributed by atoms with Crippen LogP contribution in [0.15, 0.2) is 12.2 Å². The SMILES string of the molecule is C[C@@H](NC(=O)/C=C/C(C)(C)C)C(=O)O. The first-order valence-corrected chi connectivity index (χ1v) is 4.45. The summed E-state index contributed by atoms with van der Waals surface area (Å²) in [5, 5.41) is 10.8. The zero-order valence-corrected chi connectivity index (χ0v) is 9.00. The van der Waals surface area contributed by atoms with Crippen LogP contribution in [0.2, 0.25) is 0 Å². The van der Waals surface area contributed by atoms with Crippen molar-refractivity contribution in [2.24, 2.45) is 5.41 Å². The fourth-order valence-corrected chi connectivity index (χ4v) is 0.649. The van der Waals surface area contributed by atoms with Crippen molar-refractivity contribution in [1.29, 1.82) is 0 Å². The smallest absolute Gasteiger partial charge is 0.325 e. The maximum absolute atomic E-state index is 11.1. The molecule has 0 aliphatic rings. The van der Waals surface area contributed by atoms with E-state index in [1.807, 2.05) is 20.8 Å². The molecule has 0 saturated heterocycles.